The fraction of sp³-hybridized carbons (Fsp3) is 1.00. The monoisotopic (exact) mass is 315 g/mol. The van der Waals surface area contributed by atoms with E-state index in [1.807, 2.05) is 6.92 Å². The molecule has 0 aliphatic rings. The second kappa shape index (κ2) is 7.20. The lowest BCUT2D eigenvalue weighted by atomic mass is 9.66. The van der Waals surface area contributed by atoms with Crippen molar-refractivity contribution in [2.75, 3.05) is 6.67 Å². The van der Waals surface area contributed by atoms with Gasteiger partial charge in [0.15, 0.2) is 0 Å². The van der Waals surface area contributed by atoms with Crippen molar-refractivity contribution in [3.8, 4) is 0 Å². The number of rotatable bonds is 8. The summed E-state index contributed by atoms with van der Waals surface area (Å²) in [6, 6.07) is 0.445. The summed E-state index contributed by atoms with van der Waals surface area (Å²) in [4.78, 5) is 0. The van der Waals surface area contributed by atoms with E-state index in [0.717, 1.165) is 12.8 Å². The molecule has 134 valence electrons. The van der Waals surface area contributed by atoms with Crippen LogP contribution in [0.15, 0.2) is 0 Å². The van der Waals surface area contributed by atoms with Crippen LogP contribution < -0.4 is 5.32 Å². The first-order valence-corrected chi connectivity index (χ1v) is 8.88. The standard InChI is InChI=1S/C20H42FN/c1-15(13-21)18(6,7)14-20(10,11)22-16(2)12-19(8,9)17(3,4)5/h15-16,22H,12-14H2,1-11H3. The summed E-state index contributed by atoms with van der Waals surface area (Å²) < 4.78 is 13.1. The maximum absolute atomic E-state index is 13.1. The van der Waals surface area contributed by atoms with Crippen molar-refractivity contribution in [3.63, 3.8) is 0 Å². The Bertz CT molecular complexity index is 336. The first-order chi connectivity index (χ1) is 9.54. The number of hydrogen-bond donors (Lipinski definition) is 1. The Labute approximate surface area is 139 Å². The van der Waals surface area contributed by atoms with E-state index in [1.54, 1.807) is 0 Å². The van der Waals surface area contributed by atoms with Crippen LogP contribution in [0.4, 0.5) is 4.39 Å². The van der Waals surface area contributed by atoms with E-state index in [4.69, 9.17) is 0 Å². The van der Waals surface area contributed by atoms with Crippen molar-refractivity contribution in [2.45, 2.75) is 101 Å². The normalized spacial score (nSPS) is 17.5. The Morgan fingerprint density at radius 1 is 0.864 bits per heavy atom. The number of hydrogen-bond acceptors (Lipinski definition) is 1. The third-order valence-electron chi connectivity index (χ3n) is 5.95. The zero-order chi connectivity index (χ0) is 18.0. The molecule has 2 unspecified atom stereocenters. The maximum atomic E-state index is 13.1. The minimum atomic E-state index is -0.240. The van der Waals surface area contributed by atoms with E-state index in [2.05, 4.69) is 74.6 Å². The van der Waals surface area contributed by atoms with Gasteiger partial charge in [-0.25, -0.2) is 0 Å². The third-order valence-corrected chi connectivity index (χ3v) is 5.95. The lowest BCUT2D eigenvalue weighted by Crippen LogP contribution is -2.50. The first-order valence-electron chi connectivity index (χ1n) is 8.88. The average Bonchev–Trinajstić information content (AvgIpc) is 2.22. The van der Waals surface area contributed by atoms with Gasteiger partial charge in [-0.2, -0.15) is 0 Å². The molecule has 0 radical (unpaired) electrons. The largest absolute Gasteiger partial charge is 0.309 e. The van der Waals surface area contributed by atoms with Crippen molar-refractivity contribution in [3.05, 3.63) is 0 Å². The van der Waals surface area contributed by atoms with Crippen LogP contribution in [0.25, 0.3) is 0 Å². The molecule has 0 saturated carbocycles. The predicted octanol–water partition coefficient (Wildman–Crippen LogP) is 6.23. The van der Waals surface area contributed by atoms with Crippen LogP contribution in [-0.4, -0.2) is 18.3 Å². The number of alkyl halides is 1. The highest BCUT2D eigenvalue weighted by Gasteiger charge is 2.37. The van der Waals surface area contributed by atoms with Gasteiger partial charge in [-0.05, 0) is 55.8 Å². The smallest absolute Gasteiger partial charge is 0.0925 e. The van der Waals surface area contributed by atoms with E-state index in [1.165, 1.54) is 0 Å². The average molecular weight is 316 g/mol. The van der Waals surface area contributed by atoms with Crippen LogP contribution in [0, 0.1) is 22.2 Å². The quantitative estimate of drug-likeness (QED) is 0.560. The Morgan fingerprint density at radius 2 is 1.32 bits per heavy atom. The van der Waals surface area contributed by atoms with Crippen molar-refractivity contribution in [1.29, 1.82) is 0 Å². The molecule has 2 atom stereocenters. The summed E-state index contributed by atoms with van der Waals surface area (Å²) in [6.07, 6.45) is 2.12. The van der Waals surface area contributed by atoms with Gasteiger partial charge in [0.25, 0.3) is 0 Å². The maximum Gasteiger partial charge on any atom is 0.0925 e. The highest BCUT2D eigenvalue weighted by atomic mass is 19.1. The van der Waals surface area contributed by atoms with Crippen LogP contribution in [0.5, 0.6) is 0 Å². The fourth-order valence-corrected chi connectivity index (χ4v) is 3.36. The highest BCUT2D eigenvalue weighted by molar-refractivity contribution is 4.92. The molecule has 0 saturated heterocycles. The lowest BCUT2D eigenvalue weighted by Gasteiger charge is -2.44. The fourth-order valence-electron chi connectivity index (χ4n) is 3.36. The first kappa shape index (κ1) is 21.9. The molecule has 0 fully saturated rings. The molecule has 0 aliphatic heterocycles. The summed E-state index contributed by atoms with van der Waals surface area (Å²) in [5.74, 6) is 0.0925. The molecule has 0 heterocycles. The zero-order valence-corrected chi connectivity index (χ0v) is 17.2. The summed E-state index contributed by atoms with van der Waals surface area (Å²) in [6.45, 7) is 24.6. The van der Waals surface area contributed by atoms with Crippen LogP contribution in [0.2, 0.25) is 0 Å². The molecule has 0 rings (SSSR count). The van der Waals surface area contributed by atoms with E-state index in [0.29, 0.717) is 6.04 Å². The molecule has 0 aliphatic carbocycles. The van der Waals surface area contributed by atoms with E-state index in [9.17, 15) is 4.39 Å². The molecule has 1 N–H and O–H groups in total. The van der Waals surface area contributed by atoms with Crippen molar-refractivity contribution in [2.24, 2.45) is 22.2 Å². The van der Waals surface area contributed by atoms with Gasteiger partial charge in [0.2, 0.25) is 0 Å². The second-order valence-corrected chi connectivity index (χ2v) is 10.5. The number of halogens is 1. The predicted molar refractivity (Wildman–Crippen MR) is 98.1 cm³/mol. The summed E-state index contributed by atoms with van der Waals surface area (Å²) >= 11 is 0. The molecular formula is C20H42FN. The van der Waals surface area contributed by atoms with Crippen molar-refractivity contribution < 1.29 is 4.39 Å². The van der Waals surface area contributed by atoms with Crippen molar-refractivity contribution >= 4 is 0 Å². The van der Waals surface area contributed by atoms with Gasteiger partial charge >= 0.3 is 0 Å². The molecule has 1 nitrogen and oxygen atoms in total. The molecule has 0 aromatic rings. The van der Waals surface area contributed by atoms with Gasteiger partial charge in [0, 0.05) is 11.6 Å². The summed E-state index contributed by atoms with van der Waals surface area (Å²) in [5, 5.41) is 3.80. The molecular weight excluding hydrogens is 273 g/mol. The minimum Gasteiger partial charge on any atom is -0.309 e. The molecule has 0 bridgehead atoms. The van der Waals surface area contributed by atoms with Crippen molar-refractivity contribution in [1.82, 2.24) is 5.32 Å². The van der Waals surface area contributed by atoms with Gasteiger partial charge in [0.1, 0.15) is 0 Å². The lowest BCUT2D eigenvalue weighted by molar-refractivity contribution is 0.0865. The van der Waals surface area contributed by atoms with E-state index in [-0.39, 0.29) is 34.4 Å². The summed E-state index contributed by atoms with van der Waals surface area (Å²) in [5.41, 5.74) is 0.581. The third kappa shape index (κ3) is 6.56. The number of nitrogens with one attached hydrogen (secondary N) is 1. The summed E-state index contributed by atoms with van der Waals surface area (Å²) in [7, 11) is 0. The molecule has 22 heavy (non-hydrogen) atoms. The molecule has 0 aromatic heterocycles. The van der Waals surface area contributed by atoms with E-state index >= 15 is 0 Å². The Hall–Kier alpha value is -0.110. The van der Waals surface area contributed by atoms with Gasteiger partial charge < -0.3 is 5.32 Å². The topological polar surface area (TPSA) is 12.0 Å². The van der Waals surface area contributed by atoms with Gasteiger partial charge in [-0.15, -0.1) is 0 Å². The van der Waals surface area contributed by atoms with Crippen LogP contribution in [0.1, 0.15) is 89.0 Å². The van der Waals surface area contributed by atoms with Gasteiger partial charge in [0.05, 0.1) is 6.67 Å². The van der Waals surface area contributed by atoms with Crippen LogP contribution in [0.3, 0.4) is 0 Å². The van der Waals surface area contributed by atoms with Crippen LogP contribution >= 0.6 is 0 Å². The second-order valence-electron chi connectivity index (χ2n) is 10.5. The molecule has 2 heteroatoms. The van der Waals surface area contributed by atoms with Gasteiger partial charge in [-0.3, -0.25) is 4.39 Å². The van der Waals surface area contributed by atoms with E-state index < -0.39 is 0 Å². The molecule has 0 aromatic carbocycles. The highest BCUT2D eigenvalue weighted by Crippen LogP contribution is 2.42. The molecule has 0 spiro atoms. The SMILES string of the molecule is CC(CC(C)(C)C(C)(C)C)NC(C)(C)CC(C)(C)C(C)CF. The zero-order valence-electron chi connectivity index (χ0n) is 17.2. The Morgan fingerprint density at radius 3 is 1.68 bits per heavy atom. The Balaban J connectivity index is 4.79. The Kier molecular flexibility index (Phi) is 7.16. The molecule has 0 amide bonds. The minimum absolute atomic E-state index is 0.00448. The van der Waals surface area contributed by atoms with Crippen LogP contribution in [-0.2, 0) is 0 Å². The van der Waals surface area contributed by atoms with Gasteiger partial charge in [-0.1, -0.05) is 55.4 Å².